The number of rotatable bonds is 19. The lowest BCUT2D eigenvalue weighted by atomic mass is 9.82. The first kappa shape index (κ1) is 36.5. The van der Waals surface area contributed by atoms with Gasteiger partial charge in [-0.25, -0.2) is 4.79 Å². The fourth-order valence-electron chi connectivity index (χ4n) is 4.53. The molecule has 0 saturated heterocycles. The monoisotopic (exact) mass is 580 g/mol. The molecule has 9 heteroatoms. The molecule has 0 saturated carbocycles. The Labute approximate surface area is 248 Å². The molecular formula is C32H56N2O7. The zero-order valence-corrected chi connectivity index (χ0v) is 26.9. The standard InChI is InChI=1S/C32H56N2O7/c1-10-11-15-33-30(36)23(4)18-27(35)26(34-31(37)41-32(5,6)7)21-25(22(2)3)19-24-13-14-28(39-9)29(20-24)40-17-12-16-38-8/h13-14,20,22-23,25-27,35H,10-12,15-19,21H2,1-9H3,(H,33,36)(H,34,37)/t23-,25-,26-,27-/m0/s1. The Morgan fingerprint density at radius 1 is 1.00 bits per heavy atom. The molecule has 0 aliphatic rings. The first-order valence-corrected chi connectivity index (χ1v) is 15.0. The van der Waals surface area contributed by atoms with E-state index in [1.54, 1.807) is 41.9 Å². The maximum Gasteiger partial charge on any atom is 0.407 e. The third-order valence-electron chi connectivity index (χ3n) is 7.01. The van der Waals surface area contributed by atoms with Gasteiger partial charge in [0.25, 0.3) is 0 Å². The Hall–Kier alpha value is -2.52. The van der Waals surface area contributed by atoms with Gasteiger partial charge in [0, 0.05) is 32.6 Å². The summed E-state index contributed by atoms with van der Waals surface area (Å²) in [5.41, 5.74) is 0.395. The molecule has 0 bridgehead atoms. The summed E-state index contributed by atoms with van der Waals surface area (Å²) < 4.78 is 22.1. The second-order valence-electron chi connectivity index (χ2n) is 12.2. The van der Waals surface area contributed by atoms with Gasteiger partial charge in [-0.2, -0.15) is 0 Å². The molecule has 0 aromatic heterocycles. The van der Waals surface area contributed by atoms with E-state index in [1.807, 2.05) is 18.2 Å². The maximum absolute atomic E-state index is 12.8. The summed E-state index contributed by atoms with van der Waals surface area (Å²) in [7, 11) is 3.28. The van der Waals surface area contributed by atoms with Crippen molar-refractivity contribution in [1.82, 2.24) is 10.6 Å². The number of aliphatic hydroxyl groups is 1. The lowest BCUT2D eigenvalue weighted by Crippen LogP contribution is -2.48. The van der Waals surface area contributed by atoms with Crippen LogP contribution in [0, 0.1) is 17.8 Å². The largest absolute Gasteiger partial charge is 0.493 e. The van der Waals surface area contributed by atoms with E-state index in [4.69, 9.17) is 18.9 Å². The lowest BCUT2D eigenvalue weighted by Gasteiger charge is -2.32. The first-order chi connectivity index (χ1) is 19.3. The van der Waals surface area contributed by atoms with Gasteiger partial charge < -0.3 is 34.7 Å². The molecule has 2 amide bonds. The van der Waals surface area contributed by atoms with E-state index in [0.29, 0.717) is 44.1 Å². The van der Waals surface area contributed by atoms with Gasteiger partial charge in [0.05, 0.1) is 25.9 Å². The highest BCUT2D eigenvalue weighted by Crippen LogP contribution is 2.32. The molecule has 0 unspecified atom stereocenters. The molecule has 41 heavy (non-hydrogen) atoms. The highest BCUT2D eigenvalue weighted by Gasteiger charge is 2.31. The van der Waals surface area contributed by atoms with Crippen LogP contribution in [0.1, 0.15) is 86.1 Å². The third kappa shape index (κ3) is 14.8. The van der Waals surface area contributed by atoms with Gasteiger partial charge in [0.15, 0.2) is 11.5 Å². The molecule has 3 N–H and O–H groups in total. The van der Waals surface area contributed by atoms with Gasteiger partial charge >= 0.3 is 6.09 Å². The van der Waals surface area contributed by atoms with Crippen LogP contribution >= 0.6 is 0 Å². The minimum Gasteiger partial charge on any atom is -0.493 e. The normalized spacial score (nSPS) is 14.6. The molecule has 0 radical (unpaired) electrons. The fraction of sp³-hybridized carbons (Fsp3) is 0.750. The van der Waals surface area contributed by atoms with Crippen molar-refractivity contribution >= 4 is 12.0 Å². The SMILES string of the molecule is CCCCNC(=O)[C@@H](C)C[C@H](O)[C@H](C[C@H](Cc1ccc(OC)c(OCCCOC)c1)C(C)C)NC(=O)OC(C)(C)C. The van der Waals surface area contributed by atoms with Crippen molar-refractivity contribution in [2.24, 2.45) is 17.8 Å². The summed E-state index contributed by atoms with van der Waals surface area (Å²) in [4.78, 5) is 25.4. The fourth-order valence-corrected chi connectivity index (χ4v) is 4.53. The van der Waals surface area contributed by atoms with Crippen LogP contribution in [0.3, 0.4) is 0 Å². The van der Waals surface area contributed by atoms with Crippen LogP contribution in [0.5, 0.6) is 11.5 Å². The molecule has 9 nitrogen and oxygen atoms in total. The second-order valence-corrected chi connectivity index (χ2v) is 12.2. The number of carbonyl (C=O) groups is 2. The zero-order valence-electron chi connectivity index (χ0n) is 26.9. The Balaban J connectivity index is 3.10. The average molecular weight is 581 g/mol. The Bertz CT molecular complexity index is 901. The molecule has 1 aromatic rings. The van der Waals surface area contributed by atoms with Crippen molar-refractivity contribution < 1.29 is 33.6 Å². The Kier molecular flexibility index (Phi) is 16.8. The van der Waals surface area contributed by atoms with E-state index in [1.165, 1.54) is 0 Å². The summed E-state index contributed by atoms with van der Waals surface area (Å²) in [5.74, 6) is 1.22. The highest BCUT2D eigenvalue weighted by atomic mass is 16.6. The minimum atomic E-state index is -0.925. The molecule has 236 valence electrons. The van der Waals surface area contributed by atoms with E-state index in [0.717, 1.165) is 24.8 Å². The number of alkyl carbamates (subject to hydrolysis) is 1. The van der Waals surface area contributed by atoms with Crippen LogP contribution in [-0.2, 0) is 20.7 Å². The van der Waals surface area contributed by atoms with Crippen molar-refractivity contribution in [3.8, 4) is 11.5 Å². The predicted molar refractivity (Wildman–Crippen MR) is 162 cm³/mol. The van der Waals surface area contributed by atoms with E-state index in [2.05, 4.69) is 31.4 Å². The van der Waals surface area contributed by atoms with Crippen molar-refractivity contribution in [2.45, 2.75) is 105 Å². The molecule has 0 aliphatic heterocycles. The number of unbranched alkanes of at least 4 members (excludes halogenated alkanes) is 1. The molecule has 0 spiro atoms. The number of carbonyl (C=O) groups excluding carboxylic acids is 2. The number of aliphatic hydroxyl groups excluding tert-OH is 1. The minimum absolute atomic E-state index is 0.0924. The average Bonchev–Trinajstić information content (AvgIpc) is 2.89. The zero-order chi connectivity index (χ0) is 31.0. The molecule has 4 atom stereocenters. The summed E-state index contributed by atoms with van der Waals surface area (Å²) in [6.45, 7) is 15.3. The molecular weight excluding hydrogens is 524 g/mol. The Morgan fingerprint density at radius 2 is 1.71 bits per heavy atom. The number of nitrogens with one attached hydrogen (secondary N) is 2. The highest BCUT2D eigenvalue weighted by molar-refractivity contribution is 5.78. The molecule has 1 aromatic carbocycles. The van der Waals surface area contributed by atoms with Crippen LogP contribution in [0.15, 0.2) is 18.2 Å². The van der Waals surface area contributed by atoms with Crippen LogP contribution in [-0.4, -0.2) is 68.8 Å². The van der Waals surface area contributed by atoms with Crippen LogP contribution < -0.4 is 20.1 Å². The molecule has 0 heterocycles. The summed E-state index contributed by atoms with van der Waals surface area (Å²) in [5, 5.41) is 17.1. The Morgan fingerprint density at radius 3 is 2.29 bits per heavy atom. The predicted octanol–water partition coefficient (Wildman–Crippen LogP) is 5.51. The van der Waals surface area contributed by atoms with Crippen LogP contribution in [0.4, 0.5) is 4.79 Å². The number of benzene rings is 1. The number of amides is 2. The van der Waals surface area contributed by atoms with Gasteiger partial charge in [-0.05, 0) is 76.0 Å². The van der Waals surface area contributed by atoms with Crippen molar-refractivity contribution in [3.05, 3.63) is 23.8 Å². The second kappa shape index (κ2) is 18.8. The van der Waals surface area contributed by atoms with Crippen molar-refractivity contribution in [3.63, 3.8) is 0 Å². The summed E-state index contributed by atoms with van der Waals surface area (Å²) in [6.07, 6.45) is 2.61. The van der Waals surface area contributed by atoms with Crippen molar-refractivity contribution in [1.29, 1.82) is 0 Å². The van der Waals surface area contributed by atoms with Crippen LogP contribution in [0.25, 0.3) is 0 Å². The number of hydrogen-bond acceptors (Lipinski definition) is 7. The topological polar surface area (TPSA) is 115 Å². The smallest absolute Gasteiger partial charge is 0.407 e. The first-order valence-electron chi connectivity index (χ1n) is 15.0. The number of hydrogen-bond donors (Lipinski definition) is 3. The summed E-state index contributed by atoms with van der Waals surface area (Å²) >= 11 is 0. The molecule has 0 fully saturated rings. The van der Waals surface area contributed by atoms with E-state index >= 15 is 0 Å². The maximum atomic E-state index is 12.8. The van der Waals surface area contributed by atoms with Crippen LogP contribution in [0.2, 0.25) is 0 Å². The van der Waals surface area contributed by atoms with Gasteiger partial charge in [-0.1, -0.05) is 40.2 Å². The lowest BCUT2D eigenvalue weighted by molar-refractivity contribution is -0.125. The summed E-state index contributed by atoms with van der Waals surface area (Å²) in [6, 6.07) is 5.33. The van der Waals surface area contributed by atoms with E-state index in [9.17, 15) is 14.7 Å². The third-order valence-corrected chi connectivity index (χ3v) is 7.01. The van der Waals surface area contributed by atoms with Gasteiger partial charge in [0.2, 0.25) is 5.91 Å². The van der Waals surface area contributed by atoms with E-state index in [-0.39, 0.29) is 24.2 Å². The van der Waals surface area contributed by atoms with Crippen molar-refractivity contribution in [2.75, 3.05) is 34.0 Å². The van der Waals surface area contributed by atoms with Gasteiger partial charge in [-0.3, -0.25) is 4.79 Å². The number of methoxy groups -OCH3 is 2. The van der Waals surface area contributed by atoms with Gasteiger partial charge in [0.1, 0.15) is 5.60 Å². The quantitative estimate of drug-likeness (QED) is 0.185. The van der Waals surface area contributed by atoms with Gasteiger partial charge in [-0.15, -0.1) is 0 Å². The number of ether oxygens (including phenoxy) is 4. The van der Waals surface area contributed by atoms with E-state index < -0.39 is 29.8 Å². The molecule has 0 aliphatic carbocycles. The molecule has 1 rings (SSSR count).